The molecule has 0 radical (unpaired) electrons. The molecule has 5 nitrogen and oxygen atoms in total. The first-order valence-corrected chi connectivity index (χ1v) is 5.32. The van der Waals surface area contributed by atoms with E-state index in [0.29, 0.717) is 26.4 Å². The molecule has 0 spiro atoms. The maximum absolute atomic E-state index is 11.3. The van der Waals surface area contributed by atoms with Gasteiger partial charge in [0.2, 0.25) is 5.91 Å². The van der Waals surface area contributed by atoms with Crippen LogP contribution >= 0.6 is 12.4 Å². The van der Waals surface area contributed by atoms with Crippen LogP contribution in [0.4, 0.5) is 0 Å². The van der Waals surface area contributed by atoms with Gasteiger partial charge in [-0.3, -0.25) is 4.79 Å². The van der Waals surface area contributed by atoms with Crippen molar-refractivity contribution in [3.63, 3.8) is 0 Å². The Morgan fingerprint density at radius 1 is 1.38 bits per heavy atom. The smallest absolute Gasteiger partial charge is 0.236 e. The van der Waals surface area contributed by atoms with Crippen molar-refractivity contribution in [1.29, 1.82) is 0 Å². The van der Waals surface area contributed by atoms with E-state index in [1.165, 1.54) is 0 Å². The second-order valence-corrected chi connectivity index (χ2v) is 3.29. The lowest BCUT2D eigenvalue weighted by Crippen LogP contribution is -2.41. The molecule has 0 heterocycles. The third-order valence-electron chi connectivity index (χ3n) is 1.91. The molecule has 1 unspecified atom stereocenters. The van der Waals surface area contributed by atoms with E-state index in [1.807, 2.05) is 6.92 Å². The van der Waals surface area contributed by atoms with E-state index in [1.54, 1.807) is 7.11 Å². The second kappa shape index (κ2) is 12.7. The van der Waals surface area contributed by atoms with Crippen molar-refractivity contribution in [2.24, 2.45) is 5.73 Å². The molecule has 0 aliphatic carbocycles. The quantitative estimate of drug-likeness (QED) is 0.581. The van der Waals surface area contributed by atoms with E-state index in [4.69, 9.17) is 15.2 Å². The van der Waals surface area contributed by atoms with Gasteiger partial charge >= 0.3 is 0 Å². The third-order valence-corrected chi connectivity index (χ3v) is 1.91. The fourth-order valence-electron chi connectivity index (χ4n) is 1.06. The number of rotatable bonds is 9. The molecule has 0 aliphatic heterocycles. The zero-order chi connectivity index (χ0) is 11.5. The summed E-state index contributed by atoms with van der Waals surface area (Å²) in [5.74, 6) is -0.104. The highest BCUT2D eigenvalue weighted by Gasteiger charge is 2.10. The highest BCUT2D eigenvalue weighted by molar-refractivity contribution is 5.85. The van der Waals surface area contributed by atoms with E-state index in [0.717, 1.165) is 12.8 Å². The Morgan fingerprint density at radius 3 is 2.62 bits per heavy atom. The molecule has 0 saturated carbocycles. The van der Waals surface area contributed by atoms with Gasteiger partial charge in [0.15, 0.2) is 0 Å². The van der Waals surface area contributed by atoms with E-state index in [-0.39, 0.29) is 18.3 Å². The number of carbonyl (C=O) groups is 1. The minimum atomic E-state index is -0.394. The standard InChI is InChI=1S/C10H22N2O3.ClH/c1-3-4-9(11)10(13)12-5-6-15-8-7-14-2;/h9H,3-8,11H2,1-2H3,(H,12,13);1H. The van der Waals surface area contributed by atoms with Crippen molar-refractivity contribution < 1.29 is 14.3 Å². The summed E-state index contributed by atoms with van der Waals surface area (Å²) in [6.45, 7) is 4.12. The topological polar surface area (TPSA) is 73.6 Å². The molecule has 0 rings (SSSR count). The van der Waals surface area contributed by atoms with Gasteiger partial charge in [0.1, 0.15) is 0 Å². The summed E-state index contributed by atoms with van der Waals surface area (Å²) in [5.41, 5.74) is 5.62. The predicted molar refractivity (Wildman–Crippen MR) is 65.8 cm³/mol. The number of amides is 1. The van der Waals surface area contributed by atoms with Gasteiger partial charge in [-0.05, 0) is 6.42 Å². The molecule has 1 amide bonds. The number of halogens is 1. The zero-order valence-electron chi connectivity index (χ0n) is 10.0. The first kappa shape index (κ1) is 18.0. The maximum atomic E-state index is 11.3. The number of carbonyl (C=O) groups excluding carboxylic acids is 1. The van der Waals surface area contributed by atoms with Crippen LogP contribution in [0.15, 0.2) is 0 Å². The van der Waals surface area contributed by atoms with Crippen molar-refractivity contribution in [3.05, 3.63) is 0 Å². The molecule has 0 aliphatic rings. The molecule has 6 heteroatoms. The summed E-state index contributed by atoms with van der Waals surface area (Å²) in [4.78, 5) is 11.3. The molecule has 98 valence electrons. The van der Waals surface area contributed by atoms with Crippen LogP contribution < -0.4 is 11.1 Å². The number of nitrogens with one attached hydrogen (secondary N) is 1. The Kier molecular flexibility index (Phi) is 14.3. The van der Waals surface area contributed by atoms with E-state index < -0.39 is 6.04 Å². The number of hydrogen-bond acceptors (Lipinski definition) is 4. The average Bonchev–Trinajstić information content (AvgIpc) is 2.23. The first-order valence-electron chi connectivity index (χ1n) is 5.32. The monoisotopic (exact) mass is 254 g/mol. The molecule has 16 heavy (non-hydrogen) atoms. The van der Waals surface area contributed by atoms with Gasteiger partial charge < -0.3 is 20.5 Å². The Hall–Kier alpha value is -0.360. The van der Waals surface area contributed by atoms with Crippen LogP contribution in [0.2, 0.25) is 0 Å². The number of ether oxygens (including phenoxy) is 2. The highest BCUT2D eigenvalue weighted by atomic mass is 35.5. The van der Waals surface area contributed by atoms with Crippen LogP contribution in [0, 0.1) is 0 Å². The van der Waals surface area contributed by atoms with Crippen LogP contribution in [-0.4, -0.2) is 45.4 Å². The molecular weight excluding hydrogens is 232 g/mol. The van der Waals surface area contributed by atoms with Gasteiger partial charge in [-0.15, -0.1) is 12.4 Å². The molecule has 0 aromatic rings. The van der Waals surface area contributed by atoms with Crippen LogP contribution in [0.25, 0.3) is 0 Å². The summed E-state index contributed by atoms with van der Waals surface area (Å²) in [6.07, 6.45) is 1.63. The van der Waals surface area contributed by atoms with Crippen LogP contribution in [-0.2, 0) is 14.3 Å². The van der Waals surface area contributed by atoms with Crippen molar-refractivity contribution in [3.8, 4) is 0 Å². The third kappa shape index (κ3) is 10.2. The Labute approximate surface area is 103 Å². The van der Waals surface area contributed by atoms with Gasteiger partial charge in [-0.2, -0.15) is 0 Å². The molecule has 0 saturated heterocycles. The molecule has 0 fully saturated rings. The van der Waals surface area contributed by atoms with Crippen LogP contribution in [0.5, 0.6) is 0 Å². The molecule has 3 N–H and O–H groups in total. The van der Waals surface area contributed by atoms with E-state index in [9.17, 15) is 4.79 Å². The molecule has 0 bridgehead atoms. The maximum Gasteiger partial charge on any atom is 0.236 e. The molecule has 0 aromatic carbocycles. The highest BCUT2D eigenvalue weighted by Crippen LogP contribution is 1.92. The summed E-state index contributed by atoms with van der Waals surface area (Å²) in [5, 5.41) is 2.71. The van der Waals surface area contributed by atoms with Gasteiger partial charge in [0.25, 0.3) is 0 Å². The van der Waals surface area contributed by atoms with Gasteiger partial charge in [-0.1, -0.05) is 13.3 Å². The van der Waals surface area contributed by atoms with Crippen molar-refractivity contribution in [2.45, 2.75) is 25.8 Å². The van der Waals surface area contributed by atoms with E-state index in [2.05, 4.69) is 5.32 Å². The average molecular weight is 255 g/mol. The van der Waals surface area contributed by atoms with Crippen LogP contribution in [0.1, 0.15) is 19.8 Å². The number of methoxy groups -OCH3 is 1. The Morgan fingerprint density at radius 2 is 2.06 bits per heavy atom. The zero-order valence-corrected chi connectivity index (χ0v) is 10.8. The van der Waals surface area contributed by atoms with Gasteiger partial charge in [-0.25, -0.2) is 0 Å². The first-order chi connectivity index (χ1) is 7.22. The summed E-state index contributed by atoms with van der Waals surface area (Å²) >= 11 is 0. The number of nitrogens with two attached hydrogens (primary N) is 1. The van der Waals surface area contributed by atoms with Gasteiger partial charge in [0.05, 0.1) is 25.9 Å². The Balaban J connectivity index is 0. The predicted octanol–water partition coefficient (Wildman–Crippen LogP) is 0.315. The number of hydrogen-bond donors (Lipinski definition) is 2. The summed E-state index contributed by atoms with van der Waals surface area (Å²) in [6, 6.07) is -0.394. The van der Waals surface area contributed by atoms with Gasteiger partial charge in [0, 0.05) is 13.7 Å². The fourth-order valence-corrected chi connectivity index (χ4v) is 1.06. The minimum absolute atomic E-state index is 0. The fraction of sp³-hybridized carbons (Fsp3) is 0.900. The minimum Gasteiger partial charge on any atom is -0.382 e. The lowest BCUT2D eigenvalue weighted by Gasteiger charge is -2.11. The molecular formula is C10H23ClN2O3. The van der Waals surface area contributed by atoms with E-state index >= 15 is 0 Å². The lowest BCUT2D eigenvalue weighted by atomic mass is 10.2. The molecule has 1 atom stereocenters. The van der Waals surface area contributed by atoms with Crippen molar-refractivity contribution >= 4 is 18.3 Å². The van der Waals surface area contributed by atoms with Crippen LogP contribution in [0.3, 0.4) is 0 Å². The summed E-state index contributed by atoms with van der Waals surface area (Å²) in [7, 11) is 1.62. The lowest BCUT2D eigenvalue weighted by molar-refractivity contribution is -0.122. The van der Waals surface area contributed by atoms with Crippen molar-refractivity contribution in [1.82, 2.24) is 5.32 Å². The second-order valence-electron chi connectivity index (χ2n) is 3.29. The van der Waals surface area contributed by atoms with Crippen molar-refractivity contribution in [2.75, 3.05) is 33.5 Å². The summed E-state index contributed by atoms with van der Waals surface area (Å²) < 4.78 is 9.99. The molecule has 0 aromatic heterocycles. The largest absolute Gasteiger partial charge is 0.382 e. The SMILES string of the molecule is CCCC(N)C(=O)NCCOCCOC.Cl. The normalized spacial score (nSPS) is 11.7. The Bertz CT molecular complexity index is 170.